The maximum Gasteiger partial charge on any atom is 0.0215 e. The molecule has 182 valence electrons. The monoisotopic (exact) mass is 424 g/mol. The van der Waals surface area contributed by atoms with E-state index in [4.69, 9.17) is 5.73 Å². The van der Waals surface area contributed by atoms with Crippen LogP contribution >= 0.6 is 0 Å². The molecule has 2 nitrogen and oxygen atoms in total. The van der Waals surface area contributed by atoms with Gasteiger partial charge in [0.1, 0.15) is 0 Å². The molecule has 1 unspecified atom stereocenters. The average molecular weight is 425 g/mol. The lowest BCUT2D eigenvalue weighted by Gasteiger charge is -2.30. The lowest BCUT2D eigenvalue weighted by molar-refractivity contribution is 0.186. The Morgan fingerprint density at radius 1 is 0.467 bits per heavy atom. The second kappa shape index (κ2) is 25.2. The van der Waals surface area contributed by atoms with Gasteiger partial charge in [-0.2, -0.15) is 0 Å². The van der Waals surface area contributed by atoms with Gasteiger partial charge in [-0.1, -0.05) is 136 Å². The highest BCUT2D eigenvalue weighted by atomic mass is 15.2. The summed E-state index contributed by atoms with van der Waals surface area (Å²) in [5.74, 6) is 0. The highest BCUT2D eigenvalue weighted by Crippen LogP contribution is 2.14. The van der Waals surface area contributed by atoms with Crippen LogP contribution in [0.25, 0.3) is 0 Å². The van der Waals surface area contributed by atoms with Gasteiger partial charge in [0.05, 0.1) is 0 Å². The molecule has 0 saturated heterocycles. The summed E-state index contributed by atoms with van der Waals surface area (Å²) in [6.45, 7) is 10.3. The first-order valence-electron chi connectivity index (χ1n) is 14.2. The van der Waals surface area contributed by atoms with E-state index in [1.165, 1.54) is 148 Å². The molecule has 0 fully saturated rings. The summed E-state index contributed by atoms with van der Waals surface area (Å²) in [6, 6.07) is 0.599. The van der Waals surface area contributed by atoms with Crippen LogP contribution in [-0.4, -0.2) is 30.6 Å². The summed E-state index contributed by atoms with van der Waals surface area (Å²) in [5.41, 5.74) is 6.08. The van der Waals surface area contributed by atoms with Crippen molar-refractivity contribution in [3.8, 4) is 0 Å². The molecule has 0 aromatic carbocycles. The van der Waals surface area contributed by atoms with Crippen molar-refractivity contribution in [2.24, 2.45) is 5.73 Å². The van der Waals surface area contributed by atoms with Crippen LogP contribution in [0.4, 0.5) is 0 Å². The molecule has 0 aromatic rings. The number of unbranched alkanes of at least 4 members (excludes halogenated alkanes) is 18. The van der Waals surface area contributed by atoms with Crippen LogP contribution in [0, 0.1) is 0 Å². The number of hydrogen-bond acceptors (Lipinski definition) is 2. The van der Waals surface area contributed by atoms with Crippen LogP contribution in [-0.2, 0) is 0 Å². The molecule has 0 amide bonds. The topological polar surface area (TPSA) is 29.3 Å². The van der Waals surface area contributed by atoms with Gasteiger partial charge in [-0.25, -0.2) is 0 Å². The Balaban J connectivity index is 3.72. The molecule has 0 aliphatic rings. The first kappa shape index (κ1) is 29.9. The molecular formula is C28H60N2. The Hall–Kier alpha value is -0.0800. The average Bonchev–Trinajstić information content (AvgIpc) is 2.76. The molecule has 0 saturated carbocycles. The van der Waals surface area contributed by atoms with E-state index in [1.54, 1.807) is 0 Å². The van der Waals surface area contributed by atoms with Gasteiger partial charge < -0.3 is 5.73 Å². The highest BCUT2D eigenvalue weighted by Gasteiger charge is 2.14. The zero-order valence-electron chi connectivity index (χ0n) is 21.6. The van der Waals surface area contributed by atoms with E-state index in [0.29, 0.717) is 6.04 Å². The van der Waals surface area contributed by atoms with E-state index < -0.39 is 0 Å². The molecule has 2 N–H and O–H groups in total. The zero-order chi connectivity index (χ0) is 22.1. The Kier molecular flexibility index (Phi) is 25.1. The minimum Gasteiger partial charge on any atom is -0.329 e. The van der Waals surface area contributed by atoms with Gasteiger partial charge in [-0.3, -0.25) is 4.90 Å². The maximum atomic E-state index is 6.08. The minimum atomic E-state index is 0.599. The fraction of sp³-hybridized carbons (Fsp3) is 1.00. The first-order chi connectivity index (χ1) is 14.8. The quantitative estimate of drug-likeness (QED) is 0.148. The molecule has 0 heterocycles. The Labute approximate surface area is 192 Å². The van der Waals surface area contributed by atoms with E-state index in [0.717, 1.165) is 6.54 Å². The summed E-state index contributed by atoms with van der Waals surface area (Å²) < 4.78 is 0. The van der Waals surface area contributed by atoms with Crippen LogP contribution < -0.4 is 5.73 Å². The van der Waals surface area contributed by atoms with Crippen molar-refractivity contribution >= 4 is 0 Å². The first-order valence-corrected chi connectivity index (χ1v) is 14.2. The molecule has 0 aromatic heterocycles. The third kappa shape index (κ3) is 19.9. The largest absolute Gasteiger partial charge is 0.329 e. The number of hydrogen-bond donors (Lipinski definition) is 1. The van der Waals surface area contributed by atoms with Gasteiger partial charge in [0.25, 0.3) is 0 Å². The fourth-order valence-corrected chi connectivity index (χ4v) is 4.66. The summed E-state index contributed by atoms with van der Waals surface area (Å²) in [4.78, 5) is 2.72. The van der Waals surface area contributed by atoms with Gasteiger partial charge in [-0.05, 0) is 32.4 Å². The zero-order valence-corrected chi connectivity index (χ0v) is 21.6. The van der Waals surface area contributed by atoms with Gasteiger partial charge >= 0.3 is 0 Å². The number of nitrogens with zero attached hydrogens (tertiary/aromatic N) is 1. The lowest BCUT2D eigenvalue weighted by atomic mass is 10.0. The lowest BCUT2D eigenvalue weighted by Crippen LogP contribution is -2.41. The van der Waals surface area contributed by atoms with Crippen LogP contribution in [0.15, 0.2) is 0 Å². The van der Waals surface area contributed by atoms with Gasteiger partial charge in [0, 0.05) is 12.6 Å². The molecule has 1 atom stereocenters. The minimum absolute atomic E-state index is 0.599. The molecule has 2 heteroatoms. The van der Waals surface area contributed by atoms with Crippen LogP contribution in [0.5, 0.6) is 0 Å². The summed E-state index contributed by atoms with van der Waals surface area (Å²) in [7, 11) is 0. The molecule has 0 bridgehead atoms. The number of rotatable bonds is 25. The van der Waals surface area contributed by atoms with E-state index in [1.807, 2.05) is 0 Å². The Bertz CT molecular complexity index is 277. The molecule has 0 rings (SSSR count). The third-order valence-electron chi connectivity index (χ3n) is 6.86. The Morgan fingerprint density at radius 3 is 1.03 bits per heavy atom. The van der Waals surface area contributed by atoms with Crippen LogP contribution in [0.2, 0.25) is 0 Å². The smallest absolute Gasteiger partial charge is 0.0215 e. The SMILES string of the molecule is CCCCCCCCCCCCN(CCCCCCCCCCCC)C(CC)CN. The maximum absolute atomic E-state index is 6.08. The van der Waals surface area contributed by atoms with Gasteiger partial charge in [0.15, 0.2) is 0 Å². The summed E-state index contributed by atoms with van der Waals surface area (Å²) >= 11 is 0. The summed E-state index contributed by atoms with van der Waals surface area (Å²) in [6.07, 6.45) is 29.7. The van der Waals surface area contributed by atoms with Crippen molar-refractivity contribution in [2.45, 2.75) is 162 Å². The standard InChI is InChI=1S/C28H60N2/c1-4-7-9-11-13-15-17-19-21-23-25-30(28(6-3)27-29)26-24-22-20-18-16-14-12-10-8-5-2/h28H,4-27,29H2,1-3H3. The molecule has 0 spiro atoms. The van der Waals surface area contributed by atoms with Crippen molar-refractivity contribution in [3.05, 3.63) is 0 Å². The van der Waals surface area contributed by atoms with Gasteiger partial charge in [-0.15, -0.1) is 0 Å². The predicted molar refractivity (Wildman–Crippen MR) is 138 cm³/mol. The molecule has 0 aliphatic carbocycles. The van der Waals surface area contributed by atoms with Crippen molar-refractivity contribution in [1.29, 1.82) is 0 Å². The molecule has 30 heavy (non-hydrogen) atoms. The van der Waals surface area contributed by atoms with Crippen molar-refractivity contribution in [2.75, 3.05) is 19.6 Å². The predicted octanol–water partition coefficient (Wildman–Crippen LogP) is 8.87. The normalized spacial score (nSPS) is 12.7. The van der Waals surface area contributed by atoms with E-state index in [9.17, 15) is 0 Å². The van der Waals surface area contributed by atoms with Crippen molar-refractivity contribution in [3.63, 3.8) is 0 Å². The molecular weight excluding hydrogens is 364 g/mol. The number of nitrogens with two attached hydrogens (primary N) is 1. The van der Waals surface area contributed by atoms with Crippen LogP contribution in [0.3, 0.4) is 0 Å². The fourth-order valence-electron chi connectivity index (χ4n) is 4.66. The summed E-state index contributed by atoms with van der Waals surface area (Å²) in [5, 5.41) is 0. The second-order valence-electron chi connectivity index (χ2n) is 9.70. The van der Waals surface area contributed by atoms with Crippen LogP contribution in [0.1, 0.15) is 156 Å². The van der Waals surface area contributed by atoms with E-state index >= 15 is 0 Å². The molecule has 0 aliphatic heterocycles. The van der Waals surface area contributed by atoms with E-state index in [2.05, 4.69) is 25.7 Å². The third-order valence-corrected chi connectivity index (χ3v) is 6.86. The van der Waals surface area contributed by atoms with Gasteiger partial charge in [0.2, 0.25) is 0 Å². The Morgan fingerprint density at radius 2 is 0.767 bits per heavy atom. The van der Waals surface area contributed by atoms with Crippen molar-refractivity contribution < 1.29 is 0 Å². The van der Waals surface area contributed by atoms with E-state index in [-0.39, 0.29) is 0 Å². The van der Waals surface area contributed by atoms with Crippen molar-refractivity contribution in [1.82, 2.24) is 4.90 Å². The highest BCUT2D eigenvalue weighted by molar-refractivity contribution is 4.71. The second-order valence-corrected chi connectivity index (χ2v) is 9.70. The molecule has 0 radical (unpaired) electrons.